The Bertz CT molecular complexity index is 2140. The maximum absolute atomic E-state index is 15.6. The number of aromatic nitrogens is 3. The number of carbonyl (C=O) groups is 2. The monoisotopic (exact) mass is 692 g/mol. The molecule has 0 saturated carbocycles. The lowest BCUT2D eigenvalue weighted by Crippen LogP contribution is -2.48. The summed E-state index contributed by atoms with van der Waals surface area (Å²) in [5, 5.41) is 2.51. The van der Waals surface area contributed by atoms with Gasteiger partial charge in [0.15, 0.2) is 0 Å². The van der Waals surface area contributed by atoms with Gasteiger partial charge in [-0.25, -0.2) is 18.6 Å². The van der Waals surface area contributed by atoms with Crippen molar-refractivity contribution >= 4 is 29.1 Å². The summed E-state index contributed by atoms with van der Waals surface area (Å²) < 4.78 is 38.9. The van der Waals surface area contributed by atoms with Crippen LogP contribution in [0.3, 0.4) is 0 Å². The number of amides is 2. The van der Waals surface area contributed by atoms with E-state index in [-0.39, 0.29) is 44.9 Å². The lowest BCUT2D eigenvalue weighted by atomic mass is 9.94. The highest BCUT2D eigenvalue weighted by Gasteiger charge is 2.35. The number of nitrogens with zero attached hydrogens (tertiary/aromatic N) is 5. The Labute approximate surface area is 285 Å². The summed E-state index contributed by atoms with van der Waals surface area (Å²) in [5.74, 6) is -1.92. The van der Waals surface area contributed by atoms with Gasteiger partial charge in [-0.2, -0.15) is 0 Å². The first-order chi connectivity index (χ1) is 23.3. The summed E-state index contributed by atoms with van der Waals surface area (Å²) in [5.41, 5.74) is 0.951. The van der Waals surface area contributed by atoms with Crippen LogP contribution in [0, 0.1) is 18.6 Å². The number of methoxy groups -OCH3 is 1. The van der Waals surface area contributed by atoms with Crippen LogP contribution in [0.1, 0.15) is 46.4 Å². The van der Waals surface area contributed by atoms with Crippen molar-refractivity contribution in [3.63, 3.8) is 0 Å². The first kappa shape index (κ1) is 34.0. The zero-order chi connectivity index (χ0) is 35.3. The topological polar surface area (TPSA) is 119 Å². The largest absolute Gasteiger partial charge is 0.481 e. The number of carbonyl (C=O) groups excluding carboxylic acids is 2. The molecular formula is C35H35ClF2N6O5. The van der Waals surface area contributed by atoms with Crippen LogP contribution in [0.4, 0.5) is 14.5 Å². The molecule has 0 bridgehead atoms. The van der Waals surface area contributed by atoms with E-state index in [9.17, 15) is 19.2 Å². The van der Waals surface area contributed by atoms with Gasteiger partial charge in [-0.15, -0.1) is 0 Å². The quantitative estimate of drug-likeness (QED) is 0.317. The van der Waals surface area contributed by atoms with Crippen LogP contribution < -0.4 is 21.3 Å². The van der Waals surface area contributed by atoms with Gasteiger partial charge in [0.05, 0.1) is 17.8 Å². The van der Waals surface area contributed by atoms with E-state index in [1.54, 1.807) is 6.92 Å². The molecule has 49 heavy (non-hydrogen) atoms. The SMILES string of the molecule is COc1nc(-c2ccc(F)c(-c3c(F)ccc(NC(=O)c4cn(C)c(=O)n(C)c4=O)c3C)c2Cl)cc2c1[C@@H](N1CCN(C(C)=O)CC1)CC2. The summed E-state index contributed by atoms with van der Waals surface area (Å²) in [4.78, 5) is 58.7. The van der Waals surface area contributed by atoms with Crippen molar-refractivity contribution in [2.45, 2.75) is 32.7 Å². The van der Waals surface area contributed by atoms with Gasteiger partial charge in [0.1, 0.15) is 17.2 Å². The molecule has 2 aliphatic rings. The minimum Gasteiger partial charge on any atom is -0.481 e. The number of aryl methyl sites for hydroxylation is 2. The van der Waals surface area contributed by atoms with E-state index in [2.05, 4.69) is 10.2 Å². The third-order valence-electron chi connectivity index (χ3n) is 9.49. The Morgan fingerprint density at radius 1 is 1.02 bits per heavy atom. The van der Waals surface area contributed by atoms with E-state index in [0.717, 1.165) is 58.5 Å². The van der Waals surface area contributed by atoms with Gasteiger partial charge in [-0.1, -0.05) is 11.6 Å². The normalized spacial score (nSPS) is 16.1. The van der Waals surface area contributed by atoms with Gasteiger partial charge in [0.2, 0.25) is 11.8 Å². The van der Waals surface area contributed by atoms with Gasteiger partial charge >= 0.3 is 5.69 Å². The van der Waals surface area contributed by atoms with Crippen molar-refractivity contribution in [2.24, 2.45) is 14.1 Å². The second-order valence-corrected chi connectivity index (χ2v) is 12.7. The number of fused-ring (bicyclic) bond motifs is 1. The Kier molecular flexibility index (Phi) is 9.16. The predicted octanol–water partition coefficient (Wildman–Crippen LogP) is 4.47. The molecule has 1 N–H and O–H groups in total. The molecule has 3 heterocycles. The van der Waals surface area contributed by atoms with Crippen LogP contribution in [0.15, 0.2) is 46.1 Å². The average Bonchev–Trinajstić information content (AvgIpc) is 3.52. The average molecular weight is 693 g/mol. The Morgan fingerprint density at radius 2 is 1.69 bits per heavy atom. The van der Waals surface area contributed by atoms with Crippen LogP contribution in [-0.4, -0.2) is 69.0 Å². The van der Waals surface area contributed by atoms with E-state index < -0.39 is 28.8 Å². The molecule has 1 aliphatic carbocycles. The summed E-state index contributed by atoms with van der Waals surface area (Å²) in [6.45, 7) is 5.84. The van der Waals surface area contributed by atoms with Gasteiger partial charge in [-0.05, 0) is 61.2 Å². The molecule has 4 aromatic rings. The van der Waals surface area contributed by atoms with Crippen molar-refractivity contribution in [3.05, 3.63) is 96.3 Å². The highest BCUT2D eigenvalue weighted by molar-refractivity contribution is 6.36. The number of piperazine rings is 1. The highest BCUT2D eigenvalue weighted by atomic mass is 35.5. The van der Waals surface area contributed by atoms with Crippen molar-refractivity contribution in [1.82, 2.24) is 23.9 Å². The number of rotatable bonds is 6. The Balaban J connectivity index is 1.36. The highest BCUT2D eigenvalue weighted by Crippen LogP contribution is 2.46. The summed E-state index contributed by atoms with van der Waals surface area (Å²) >= 11 is 6.90. The molecule has 0 radical (unpaired) electrons. The molecule has 2 amide bonds. The van der Waals surface area contributed by atoms with Crippen LogP contribution in [0.25, 0.3) is 22.4 Å². The van der Waals surface area contributed by atoms with Gasteiger partial charge in [-0.3, -0.25) is 23.9 Å². The number of pyridine rings is 1. The fourth-order valence-corrected chi connectivity index (χ4v) is 7.19. The van der Waals surface area contributed by atoms with Crippen molar-refractivity contribution < 1.29 is 23.1 Å². The van der Waals surface area contributed by atoms with Crippen LogP contribution in [0.2, 0.25) is 5.02 Å². The van der Waals surface area contributed by atoms with Gasteiger partial charge in [0, 0.05) is 87.4 Å². The molecule has 2 aromatic carbocycles. The Morgan fingerprint density at radius 3 is 2.37 bits per heavy atom. The molecule has 256 valence electrons. The third-order valence-corrected chi connectivity index (χ3v) is 9.89. The molecule has 1 atom stereocenters. The molecule has 1 fully saturated rings. The summed E-state index contributed by atoms with van der Waals surface area (Å²) in [7, 11) is 4.19. The minimum absolute atomic E-state index is 0.0610. The minimum atomic E-state index is -0.828. The number of anilines is 1. The number of nitrogens with one attached hydrogen (secondary N) is 1. The summed E-state index contributed by atoms with van der Waals surface area (Å²) in [6.07, 6.45) is 2.71. The lowest BCUT2D eigenvalue weighted by Gasteiger charge is -2.38. The zero-order valence-electron chi connectivity index (χ0n) is 27.7. The summed E-state index contributed by atoms with van der Waals surface area (Å²) in [6, 6.07) is 7.02. The number of benzene rings is 2. The first-order valence-electron chi connectivity index (χ1n) is 15.8. The number of hydrogen-bond acceptors (Lipinski definition) is 7. The zero-order valence-corrected chi connectivity index (χ0v) is 28.5. The van der Waals surface area contributed by atoms with Crippen molar-refractivity contribution in [3.8, 4) is 28.3 Å². The maximum atomic E-state index is 15.6. The van der Waals surface area contributed by atoms with Crippen molar-refractivity contribution in [1.29, 1.82) is 0 Å². The Hall–Kier alpha value is -4.88. The molecule has 11 nitrogen and oxygen atoms in total. The molecule has 2 aromatic heterocycles. The van der Waals surface area contributed by atoms with E-state index >= 15 is 8.78 Å². The molecule has 6 rings (SSSR count). The van der Waals surface area contributed by atoms with E-state index in [0.29, 0.717) is 30.2 Å². The first-order valence-corrected chi connectivity index (χ1v) is 16.1. The third kappa shape index (κ3) is 6.01. The second-order valence-electron chi connectivity index (χ2n) is 12.3. The molecule has 1 aliphatic heterocycles. The van der Waals surface area contributed by atoms with Gasteiger partial charge < -0.3 is 19.5 Å². The lowest BCUT2D eigenvalue weighted by molar-refractivity contribution is -0.130. The molecular weight excluding hydrogens is 658 g/mol. The maximum Gasteiger partial charge on any atom is 0.330 e. The fraction of sp³-hybridized carbons (Fsp3) is 0.343. The second kappa shape index (κ2) is 13.2. The van der Waals surface area contributed by atoms with Crippen molar-refractivity contribution in [2.75, 3.05) is 38.6 Å². The van der Waals surface area contributed by atoms with Crippen LogP contribution >= 0.6 is 11.6 Å². The molecule has 0 unspecified atom stereocenters. The van der Waals surface area contributed by atoms with Crippen LogP contribution in [0.5, 0.6) is 5.88 Å². The van der Waals surface area contributed by atoms with E-state index in [1.165, 1.54) is 46.3 Å². The molecule has 14 heteroatoms. The van der Waals surface area contributed by atoms with Crippen LogP contribution in [-0.2, 0) is 25.3 Å². The standard InChI is InChI=1S/C35H35ClF2N6O5/c1-18-25(39-32(46)22-17-41(3)35(48)42(4)34(22)47)10-9-23(37)28(18)30-24(38)8-7-21(31(30)36)26-16-20-6-11-27(29(20)33(40-26)49-5)44-14-12-43(13-15-44)19(2)45/h7-10,16-17,27H,6,11-15H2,1-5H3,(H,39,46)/t27-/m0/s1. The number of halogens is 3. The number of ether oxygens (including phenoxy) is 1. The van der Waals surface area contributed by atoms with E-state index in [4.69, 9.17) is 21.3 Å². The fourth-order valence-electron chi connectivity index (χ4n) is 6.84. The molecule has 0 spiro atoms. The number of hydrogen-bond donors (Lipinski definition) is 1. The smallest absolute Gasteiger partial charge is 0.330 e. The van der Waals surface area contributed by atoms with Gasteiger partial charge in [0.25, 0.3) is 11.5 Å². The van der Waals surface area contributed by atoms with E-state index in [1.807, 2.05) is 11.0 Å². The predicted molar refractivity (Wildman–Crippen MR) is 181 cm³/mol. The molecule has 1 saturated heterocycles.